The Hall–Kier alpha value is -0.880. The normalized spacial score (nSPS) is 20.7. The summed E-state index contributed by atoms with van der Waals surface area (Å²) >= 11 is 3.43. The van der Waals surface area contributed by atoms with E-state index in [2.05, 4.69) is 38.3 Å². The Bertz CT molecular complexity index is 547. The lowest BCUT2D eigenvalue weighted by molar-refractivity contribution is 0.226. The SMILES string of the molecule is CN1CCC(CNc2cnn(CC3CC3)c(=O)c2Br)CC1. The lowest BCUT2D eigenvalue weighted by Crippen LogP contribution is -2.33. The largest absolute Gasteiger partial charge is 0.382 e. The molecule has 21 heavy (non-hydrogen) atoms. The van der Waals surface area contributed by atoms with E-state index in [-0.39, 0.29) is 5.56 Å². The van der Waals surface area contributed by atoms with Crippen molar-refractivity contribution in [3.8, 4) is 0 Å². The quantitative estimate of drug-likeness (QED) is 0.880. The third-order valence-electron chi connectivity index (χ3n) is 4.53. The van der Waals surface area contributed by atoms with E-state index >= 15 is 0 Å². The molecule has 1 aromatic heterocycles. The minimum atomic E-state index is -0.0183. The number of aromatic nitrogens is 2. The molecule has 2 fully saturated rings. The predicted octanol–water partition coefficient (Wildman–Crippen LogP) is 2.17. The van der Waals surface area contributed by atoms with Crippen molar-refractivity contribution in [2.45, 2.75) is 32.2 Å². The van der Waals surface area contributed by atoms with E-state index in [0.29, 0.717) is 16.3 Å². The monoisotopic (exact) mass is 354 g/mol. The van der Waals surface area contributed by atoms with Crippen LogP contribution < -0.4 is 10.9 Å². The Morgan fingerprint density at radius 2 is 2.00 bits per heavy atom. The minimum absolute atomic E-state index is 0.0183. The zero-order chi connectivity index (χ0) is 14.8. The lowest BCUT2D eigenvalue weighted by Gasteiger charge is -2.29. The first-order chi connectivity index (χ1) is 10.1. The third-order valence-corrected chi connectivity index (χ3v) is 5.30. The van der Waals surface area contributed by atoms with Gasteiger partial charge in [-0.2, -0.15) is 5.10 Å². The first kappa shape index (κ1) is 15.0. The highest BCUT2D eigenvalue weighted by atomic mass is 79.9. The molecule has 0 atom stereocenters. The fourth-order valence-electron chi connectivity index (χ4n) is 2.78. The van der Waals surface area contributed by atoms with Crippen LogP contribution in [0.4, 0.5) is 5.69 Å². The van der Waals surface area contributed by atoms with Crippen molar-refractivity contribution in [1.29, 1.82) is 0 Å². The molecule has 0 bridgehead atoms. The van der Waals surface area contributed by atoms with Crippen LogP contribution in [0.5, 0.6) is 0 Å². The summed E-state index contributed by atoms with van der Waals surface area (Å²) < 4.78 is 2.20. The van der Waals surface area contributed by atoms with Gasteiger partial charge in [-0.1, -0.05) is 0 Å². The molecule has 1 aliphatic carbocycles. The molecular formula is C15H23BrN4O. The van der Waals surface area contributed by atoms with Crippen LogP contribution in [0.3, 0.4) is 0 Å². The van der Waals surface area contributed by atoms with Gasteiger partial charge in [-0.05, 0) is 73.6 Å². The zero-order valence-electron chi connectivity index (χ0n) is 12.5. The number of piperidine rings is 1. The summed E-state index contributed by atoms with van der Waals surface area (Å²) in [7, 11) is 2.17. The third kappa shape index (κ3) is 3.86. The van der Waals surface area contributed by atoms with E-state index in [1.165, 1.54) is 25.7 Å². The van der Waals surface area contributed by atoms with E-state index in [4.69, 9.17) is 0 Å². The maximum atomic E-state index is 12.3. The summed E-state index contributed by atoms with van der Waals surface area (Å²) in [5.41, 5.74) is 0.807. The highest BCUT2D eigenvalue weighted by molar-refractivity contribution is 9.10. The van der Waals surface area contributed by atoms with Gasteiger partial charge in [-0.15, -0.1) is 0 Å². The summed E-state index contributed by atoms with van der Waals surface area (Å²) in [5.74, 6) is 1.34. The van der Waals surface area contributed by atoms with Gasteiger partial charge in [-0.25, -0.2) is 4.68 Å². The van der Waals surface area contributed by atoms with Crippen LogP contribution in [0.25, 0.3) is 0 Å². The maximum Gasteiger partial charge on any atom is 0.283 e. The van der Waals surface area contributed by atoms with Crippen molar-refractivity contribution in [3.05, 3.63) is 21.0 Å². The van der Waals surface area contributed by atoms with Gasteiger partial charge in [0.1, 0.15) is 4.47 Å². The number of likely N-dealkylation sites (tertiary alicyclic amines) is 1. The van der Waals surface area contributed by atoms with Crippen LogP contribution in [-0.4, -0.2) is 41.4 Å². The molecule has 1 saturated carbocycles. The summed E-state index contributed by atoms with van der Waals surface area (Å²) in [5, 5.41) is 7.69. The molecule has 5 nitrogen and oxygen atoms in total. The fourth-order valence-corrected chi connectivity index (χ4v) is 3.23. The number of hydrogen-bond donors (Lipinski definition) is 1. The van der Waals surface area contributed by atoms with E-state index in [9.17, 15) is 4.79 Å². The van der Waals surface area contributed by atoms with Gasteiger partial charge in [0.25, 0.3) is 5.56 Å². The van der Waals surface area contributed by atoms with E-state index in [1.54, 1.807) is 10.9 Å². The van der Waals surface area contributed by atoms with Gasteiger partial charge >= 0.3 is 0 Å². The molecule has 0 amide bonds. The van der Waals surface area contributed by atoms with Crippen molar-refractivity contribution < 1.29 is 0 Å². The predicted molar refractivity (Wildman–Crippen MR) is 87.6 cm³/mol. The Morgan fingerprint density at radius 1 is 1.29 bits per heavy atom. The molecule has 1 aromatic rings. The van der Waals surface area contributed by atoms with Gasteiger partial charge in [0.05, 0.1) is 11.9 Å². The van der Waals surface area contributed by atoms with Gasteiger partial charge < -0.3 is 10.2 Å². The molecule has 1 aliphatic heterocycles. The van der Waals surface area contributed by atoms with Crippen LogP contribution in [0.2, 0.25) is 0 Å². The second-order valence-corrected chi connectivity index (χ2v) is 7.22. The summed E-state index contributed by atoms with van der Waals surface area (Å²) in [6.07, 6.45) is 6.66. The van der Waals surface area contributed by atoms with Crippen molar-refractivity contribution >= 4 is 21.6 Å². The summed E-state index contributed by atoms with van der Waals surface area (Å²) in [6, 6.07) is 0. The molecule has 6 heteroatoms. The first-order valence-corrected chi connectivity index (χ1v) is 8.61. The molecule has 2 aliphatic rings. The van der Waals surface area contributed by atoms with Crippen LogP contribution in [0.15, 0.2) is 15.5 Å². The van der Waals surface area contributed by atoms with E-state index in [1.807, 2.05) is 0 Å². The van der Waals surface area contributed by atoms with Crippen molar-refractivity contribution in [2.75, 3.05) is 32.0 Å². The second kappa shape index (κ2) is 6.48. The van der Waals surface area contributed by atoms with Crippen LogP contribution in [0, 0.1) is 11.8 Å². The van der Waals surface area contributed by atoms with Crippen LogP contribution in [0.1, 0.15) is 25.7 Å². The molecule has 1 N–H and O–H groups in total. The first-order valence-electron chi connectivity index (χ1n) is 7.81. The summed E-state index contributed by atoms with van der Waals surface area (Å²) in [4.78, 5) is 14.6. The van der Waals surface area contributed by atoms with Crippen molar-refractivity contribution in [3.63, 3.8) is 0 Å². The van der Waals surface area contributed by atoms with Crippen molar-refractivity contribution in [2.24, 2.45) is 11.8 Å². The molecule has 1 saturated heterocycles. The number of rotatable bonds is 5. The number of hydrogen-bond acceptors (Lipinski definition) is 4. The fraction of sp³-hybridized carbons (Fsp3) is 0.733. The molecular weight excluding hydrogens is 332 g/mol. The summed E-state index contributed by atoms with van der Waals surface area (Å²) in [6.45, 7) is 4.00. The number of nitrogens with one attached hydrogen (secondary N) is 1. The van der Waals surface area contributed by atoms with Crippen molar-refractivity contribution in [1.82, 2.24) is 14.7 Å². The van der Waals surface area contributed by atoms with Gasteiger partial charge in [0.15, 0.2) is 0 Å². The second-order valence-electron chi connectivity index (χ2n) is 6.43. The Morgan fingerprint density at radius 3 is 2.67 bits per heavy atom. The van der Waals surface area contributed by atoms with Crippen LogP contribution in [-0.2, 0) is 6.54 Å². The Balaban J connectivity index is 1.60. The number of halogens is 1. The lowest BCUT2D eigenvalue weighted by atomic mass is 9.97. The van der Waals surface area contributed by atoms with Gasteiger partial charge in [-0.3, -0.25) is 4.79 Å². The Labute approximate surface area is 133 Å². The van der Waals surface area contributed by atoms with Gasteiger partial charge in [0.2, 0.25) is 0 Å². The average molecular weight is 355 g/mol. The Kier molecular flexibility index (Phi) is 4.64. The van der Waals surface area contributed by atoms with Gasteiger partial charge in [0, 0.05) is 13.1 Å². The number of nitrogens with zero attached hydrogens (tertiary/aromatic N) is 3. The average Bonchev–Trinajstić information content (AvgIpc) is 3.29. The molecule has 0 aromatic carbocycles. The number of anilines is 1. The minimum Gasteiger partial charge on any atom is -0.382 e. The molecule has 2 heterocycles. The molecule has 0 spiro atoms. The van der Waals surface area contributed by atoms with E-state index < -0.39 is 0 Å². The smallest absolute Gasteiger partial charge is 0.283 e. The zero-order valence-corrected chi connectivity index (χ0v) is 14.1. The standard InChI is InChI=1S/C15H23BrN4O/c1-19-6-4-11(5-7-19)8-17-13-9-18-20(10-12-2-3-12)15(21)14(13)16/h9,11-12,17H,2-8,10H2,1H3. The molecule has 0 radical (unpaired) electrons. The topological polar surface area (TPSA) is 50.2 Å². The molecule has 0 unspecified atom stereocenters. The van der Waals surface area contributed by atoms with E-state index in [0.717, 1.165) is 31.9 Å². The molecule has 3 rings (SSSR count). The maximum absolute atomic E-state index is 12.3. The molecule has 116 valence electrons. The highest BCUT2D eigenvalue weighted by Gasteiger charge is 2.23. The van der Waals surface area contributed by atoms with Crippen LogP contribution >= 0.6 is 15.9 Å². The highest BCUT2D eigenvalue weighted by Crippen LogP contribution is 2.30.